The first kappa shape index (κ1) is 13.9. The molecule has 0 radical (unpaired) electrons. The average Bonchev–Trinajstić information content (AvgIpc) is 3.18. The minimum absolute atomic E-state index is 0.103. The lowest BCUT2D eigenvalue weighted by Gasteiger charge is -2.09. The summed E-state index contributed by atoms with van der Waals surface area (Å²) < 4.78 is 31.8. The number of pyridine rings is 1. The molecule has 3 nitrogen and oxygen atoms in total. The topological polar surface area (TPSA) is 34.1 Å². The Kier molecular flexibility index (Phi) is 3.84. The molecule has 0 bridgehead atoms. The number of hydrogen-bond acceptors (Lipinski definition) is 3. The van der Waals surface area contributed by atoms with Crippen LogP contribution in [0.4, 0.5) is 8.78 Å². The molecule has 0 spiro atoms. The van der Waals surface area contributed by atoms with Gasteiger partial charge in [0.15, 0.2) is 0 Å². The highest BCUT2D eigenvalue weighted by Gasteiger charge is 2.20. The van der Waals surface area contributed by atoms with Gasteiger partial charge < -0.3 is 10.1 Å². The molecule has 1 aliphatic rings. The molecule has 1 saturated carbocycles. The number of ether oxygens (including phenoxy) is 1. The predicted octanol–water partition coefficient (Wildman–Crippen LogP) is 3.71. The fourth-order valence-electron chi connectivity index (χ4n) is 2.12. The molecule has 1 fully saturated rings. The quantitative estimate of drug-likeness (QED) is 0.911. The summed E-state index contributed by atoms with van der Waals surface area (Å²) >= 11 is 0. The number of aryl methyl sites for hydroxylation is 1. The molecule has 2 aromatic rings. The fraction of sp³-hybridized carbons (Fsp3) is 0.312. The summed E-state index contributed by atoms with van der Waals surface area (Å²) in [6.07, 6.45) is 2.44. The largest absolute Gasteiger partial charge is 0.439 e. The molecule has 5 heteroatoms. The zero-order valence-corrected chi connectivity index (χ0v) is 11.7. The molecular formula is C16H16F2N2O. The Labute approximate surface area is 122 Å². The van der Waals surface area contributed by atoms with E-state index in [4.69, 9.17) is 4.74 Å². The minimum atomic E-state index is -0.673. The van der Waals surface area contributed by atoms with Crippen molar-refractivity contribution in [2.75, 3.05) is 0 Å². The summed E-state index contributed by atoms with van der Waals surface area (Å²) in [6, 6.07) is 7.44. The van der Waals surface area contributed by atoms with Crippen LogP contribution in [0.1, 0.15) is 24.1 Å². The van der Waals surface area contributed by atoms with Crippen LogP contribution in [0, 0.1) is 18.6 Å². The first-order chi connectivity index (χ1) is 10.1. The van der Waals surface area contributed by atoms with Crippen molar-refractivity contribution in [2.45, 2.75) is 32.4 Å². The van der Waals surface area contributed by atoms with E-state index in [9.17, 15) is 8.78 Å². The molecule has 110 valence electrons. The summed E-state index contributed by atoms with van der Waals surface area (Å²) in [5, 5.41) is 3.41. The van der Waals surface area contributed by atoms with Crippen molar-refractivity contribution in [1.82, 2.24) is 10.3 Å². The SMILES string of the molecule is Cc1cc(CNC2CC2)cc(Oc2cc(F)cc(F)c2)n1. The molecule has 1 aromatic carbocycles. The molecule has 3 rings (SSSR count). The normalized spacial score (nSPS) is 14.2. The number of hydrogen-bond donors (Lipinski definition) is 1. The van der Waals surface area contributed by atoms with Crippen molar-refractivity contribution in [1.29, 1.82) is 0 Å². The van der Waals surface area contributed by atoms with Gasteiger partial charge in [0.2, 0.25) is 5.88 Å². The zero-order valence-electron chi connectivity index (χ0n) is 11.7. The van der Waals surface area contributed by atoms with Crippen LogP contribution in [0.2, 0.25) is 0 Å². The third kappa shape index (κ3) is 3.98. The van der Waals surface area contributed by atoms with Crippen molar-refractivity contribution >= 4 is 0 Å². The van der Waals surface area contributed by atoms with Crippen LogP contribution < -0.4 is 10.1 Å². The van der Waals surface area contributed by atoms with E-state index in [0.29, 0.717) is 11.9 Å². The van der Waals surface area contributed by atoms with Gasteiger partial charge in [0, 0.05) is 42.5 Å². The molecular weight excluding hydrogens is 274 g/mol. The van der Waals surface area contributed by atoms with Crippen molar-refractivity contribution < 1.29 is 13.5 Å². The highest BCUT2D eigenvalue weighted by Crippen LogP contribution is 2.24. The van der Waals surface area contributed by atoms with E-state index in [1.807, 2.05) is 13.0 Å². The molecule has 1 aliphatic carbocycles. The molecule has 0 aliphatic heterocycles. The number of benzene rings is 1. The zero-order chi connectivity index (χ0) is 14.8. The van der Waals surface area contributed by atoms with Gasteiger partial charge in [-0.25, -0.2) is 13.8 Å². The Morgan fingerprint density at radius 2 is 1.86 bits per heavy atom. The Morgan fingerprint density at radius 1 is 1.14 bits per heavy atom. The lowest BCUT2D eigenvalue weighted by atomic mass is 10.2. The summed E-state index contributed by atoms with van der Waals surface area (Å²) in [7, 11) is 0. The van der Waals surface area contributed by atoms with E-state index in [-0.39, 0.29) is 5.75 Å². The van der Waals surface area contributed by atoms with Crippen LogP contribution in [-0.4, -0.2) is 11.0 Å². The number of rotatable bonds is 5. The lowest BCUT2D eigenvalue weighted by Crippen LogP contribution is -2.15. The smallest absolute Gasteiger partial charge is 0.219 e. The fourth-order valence-corrected chi connectivity index (χ4v) is 2.12. The third-order valence-corrected chi connectivity index (χ3v) is 3.22. The molecule has 1 aromatic heterocycles. The van der Waals surface area contributed by atoms with E-state index >= 15 is 0 Å². The van der Waals surface area contributed by atoms with Gasteiger partial charge in [0.25, 0.3) is 0 Å². The van der Waals surface area contributed by atoms with Crippen molar-refractivity contribution in [3.05, 3.63) is 53.2 Å². The summed E-state index contributed by atoms with van der Waals surface area (Å²) in [6.45, 7) is 2.60. The number of nitrogens with one attached hydrogen (secondary N) is 1. The maximum absolute atomic E-state index is 13.2. The molecule has 0 saturated heterocycles. The minimum Gasteiger partial charge on any atom is -0.439 e. The van der Waals surface area contributed by atoms with Crippen molar-refractivity contribution in [3.63, 3.8) is 0 Å². The van der Waals surface area contributed by atoms with E-state index in [0.717, 1.165) is 36.0 Å². The second-order valence-corrected chi connectivity index (χ2v) is 5.32. The van der Waals surface area contributed by atoms with E-state index in [2.05, 4.69) is 10.3 Å². The Hall–Kier alpha value is -2.01. The summed E-state index contributed by atoms with van der Waals surface area (Å²) in [5.41, 5.74) is 1.85. The van der Waals surface area contributed by atoms with Gasteiger partial charge in [-0.05, 0) is 31.4 Å². The van der Waals surface area contributed by atoms with Crippen LogP contribution in [0.25, 0.3) is 0 Å². The lowest BCUT2D eigenvalue weighted by molar-refractivity contribution is 0.449. The number of halogens is 2. The second kappa shape index (κ2) is 5.77. The van der Waals surface area contributed by atoms with Gasteiger partial charge in [0.1, 0.15) is 17.4 Å². The molecule has 0 unspecified atom stereocenters. The van der Waals surface area contributed by atoms with Crippen LogP contribution in [0.5, 0.6) is 11.6 Å². The van der Waals surface area contributed by atoms with Gasteiger partial charge in [-0.2, -0.15) is 0 Å². The standard InChI is InChI=1S/C16H16F2N2O/c1-10-4-11(9-19-14-2-3-14)5-16(20-10)21-15-7-12(17)6-13(18)8-15/h4-8,14,19H,2-3,9H2,1H3. The number of aromatic nitrogens is 1. The molecule has 1 N–H and O–H groups in total. The molecule has 0 atom stereocenters. The molecule has 1 heterocycles. The molecule has 0 amide bonds. The van der Waals surface area contributed by atoms with E-state index in [1.54, 1.807) is 6.07 Å². The Morgan fingerprint density at radius 3 is 2.52 bits per heavy atom. The predicted molar refractivity (Wildman–Crippen MR) is 75.3 cm³/mol. The van der Waals surface area contributed by atoms with Gasteiger partial charge in [-0.15, -0.1) is 0 Å². The Bertz CT molecular complexity index is 636. The summed E-state index contributed by atoms with van der Waals surface area (Å²) in [5.74, 6) is -0.902. The van der Waals surface area contributed by atoms with Crippen molar-refractivity contribution in [2.24, 2.45) is 0 Å². The van der Waals surface area contributed by atoms with E-state index in [1.165, 1.54) is 12.8 Å². The van der Waals surface area contributed by atoms with Crippen LogP contribution in [0.3, 0.4) is 0 Å². The summed E-state index contributed by atoms with van der Waals surface area (Å²) in [4.78, 5) is 4.24. The highest BCUT2D eigenvalue weighted by molar-refractivity contribution is 5.31. The van der Waals surface area contributed by atoms with Crippen molar-refractivity contribution in [3.8, 4) is 11.6 Å². The van der Waals surface area contributed by atoms with Gasteiger partial charge >= 0.3 is 0 Å². The maximum atomic E-state index is 13.2. The molecule has 21 heavy (non-hydrogen) atoms. The average molecular weight is 290 g/mol. The van der Waals surface area contributed by atoms with Gasteiger partial charge in [0.05, 0.1) is 0 Å². The van der Waals surface area contributed by atoms with Crippen LogP contribution >= 0.6 is 0 Å². The van der Waals surface area contributed by atoms with Gasteiger partial charge in [-0.1, -0.05) is 0 Å². The van der Waals surface area contributed by atoms with E-state index < -0.39 is 11.6 Å². The van der Waals surface area contributed by atoms with Gasteiger partial charge in [-0.3, -0.25) is 0 Å². The number of nitrogens with zero attached hydrogens (tertiary/aromatic N) is 1. The van der Waals surface area contributed by atoms with Crippen LogP contribution in [0.15, 0.2) is 30.3 Å². The third-order valence-electron chi connectivity index (χ3n) is 3.22. The maximum Gasteiger partial charge on any atom is 0.219 e. The monoisotopic (exact) mass is 290 g/mol. The van der Waals surface area contributed by atoms with Crippen LogP contribution in [-0.2, 0) is 6.54 Å². The first-order valence-corrected chi connectivity index (χ1v) is 6.93. The second-order valence-electron chi connectivity index (χ2n) is 5.32. The Balaban J connectivity index is 1.76. The highest BCUT2D eigenvalue weighted by atomic mass is 19.1. The first-order valence-electron chi connectivity index (χ1n) is 6.93.